The van der Waals surface area contributed by atoms with Crippen LogP contribution in [0.5, 0.6) is 0 Å². The highest BCUT2D eigenvalue weighted by atomic mass is 35.5. The first-order valence-corrected chi connectivity index (χ1v) is 6.99. The number of hydrogen-bond donors (Lipinski definition) is 1. The lowest BCUT2D eigenvalue weighted by atomic mass is 9.95. The molecule has 1 atom stereocenters. The third-order valence-corrected chi connectivity index (χ3v) is 4.05. The normalized spacial score (nSPS) is 15.0. The second kappa shape index (κ2) is 5.72. The highest BCUT2D eigenvalue weighted by Crippen LogP contribution is 2.32. The fraction of sp³-hybridized carbons (Fsp3) is 0.250. The van der Waals surface area contributed by atoms with Crippen LogP contribution in [0.3, 0.4) is 0 Å². The van der Waals surface area contributed by atoms with Gasteiger partial charge in [0.1, 0.15) is 0 Å². The summed E-state index contributed by atoms with van der Waals surface area (Å²) in [7, 11) is 1.76. The Morgan fingerprint density at radius 1 is 1.10 bits per heavy atom. The lowest BCUT2D eigenvalue weighted by molar-refractivity contribution is 0.134. The highest BCUT2D eigenvalue weighted by molar-refractivity contribution is 6.31. The Labute approximate surface area is 126 Å². The smallest absolute Gasteiger partial charge is 0.160 e. The molecule has 5 heteroatoms. The lowest BCUT2D eigenvalue weighted by Crippen LogP contribution is -2.18. The molecule has 0 amide bonds. The van der Waals surface area contributed by atoms with Crippen molar-refractivity contribution in [3.05, 3.63) is 69.2 Å². The van der Waals surface area contributed by atoms with Gasteiger partial charge < -0.3 is 10.1 Å². The Morgan fingerprint density at radius 2 is 1.81 bits per heavy atom. The van der Waals surface area contributed by atoms with Crippen molar-refractivity contribution >= 4 is 11.6 Å². The summed E-state index contributed by atoms with van der Waals surface area (Å²) in [6, 6.07) is 7.80. The molecular formula is C16H14ClF2NO. The van der Waals surface area contributed by atoms with Crippen LogP contribution in [0.2, 0.25) is 5.02 Å². The summed E-state index contributed by atoms with van der Waals surface area (Å²) in [5.41, 5.74) is 3.73. The molecule has 0 bridgehead atoms. The monoisotopic (exact) mass is 309 g/mol. The van der Waals surface area contributed by atoms with E-state index >= 15 is 0 Å². The minimum absolute atomic E-state index is 0.199. The molecule has 110 valence electrons. The van der Waals surface area contributed by atoms with Crippen LogP contribution in [0.1, 0.15) is 28.3 Å². The van der Waals surface area contributed by atoms with Gasteiger partial charge in [-0.05, 0) is 41.4 Å². The van der Waals surface area contributed by atoms with Crippen LogP contribution < -0.4 is 5.32 Å². The molecule has 2 nitrogen and oxygen atoms in total. The molecule has 1 heterocycles. The van der Waals surface area contributed by atoms with Crippen molar-refractivity contribution in [3.8, 4) is 0 Å². The Morgan fingerprint density at radius 3 is 2.57 bits per heavy atom. The van der Waals surface area contributed by atoms with Crippen molar-refractivity contribution in [1.29, 1.82) is 0 Å². The summed E-state index contributed by atoms with van der Waals surface area (Å²) in [5, 5.41) is 3.30. The molecule has 0 aromatic heterocycles. The fourth-order valence-electron chi connectivity index (χ4n) is 2.63. The molecule has 0 radical (unpaired) electrons. The van der Waals surface area contributed by atoms with E-state index in [0.29, 0.717) is 18.8 Å². The van der Waals surface area contributed by atoms with E-state index in [1.54, 1.807) is 7.05 Å². The molecule has 1 N–H and O–H groups in total. The third kappa shape index (κ3) is 2.67. The van der Waals surface area contributed by atoms with Gasteiger partial charge in [-0.25, -0.2) is 8.78 Å². The maximum atomic E-state index is 13.5. The Kier molecular flexibility index (Phi) is 3.93. The molecule has 1 aliphatic heterocycles. The van der Waals surface area contributed by atoms with Crippen molar-refractivity contribution in [2.75, 3.05) is 7.05 Å². The Balaban J connectivity index is 2.04. The SMILES string of the molecule is CNC(c1ccc2c(c1)COC2)c1cc(F)c(F)cc1Cl. The van der Waals surface area contributed by atoms with Gasteiger partial charge in [-0.3, -0.25) is 0 Å². The first-order valence-electron chi connectivity index (χ1n) is 6.61. The molecule has 0 fully saturated rings. The number of benzene rings is 2. The molecule has 21 heavy (non-hydrogen) atoms. The largest absolute Gasteiger partial charge is 0.372 e. The maximum Gasteiger partial charge on any atom is 0.160 e. The second-order valence-electron chi connectivity index (χ2n) is 5.03. The van der Waals surface area contributed by atoms with Crippen LogP contribution in [-0.2, 0) is 18.0 Å². The van der Waals surface area contributed by atoms with Crippen molar-refractivity contribution < 1.29 is 13.5 Å². The Bertz CT molecular complexity index is 690. The maximum absolute atomic E-state index is 13.5. The van der Waals surface area contributed by atoms with Gasteiger partial charge in [0.15, 0.2) is 11.6 Å². The molecule has 3 rings (SSSR count). The minimum atomic E-state index is -0.944. The van der Waals surface area contributed by atoms with Crippen LogP contribution in [0.25, 0.3) is 0 Å². The van der Waals surface area contributed by atoms with Crippen LogP contribution in [0.4, 0.5) is 8.78 Å². The van der Waals surface area contributed by atoms with Gasteiger partial charge in [0, 0.05) is 5.02 Å². The van der Waals surface area contributed by atoms with Gasteiger partial charge >= 0.3 is 0 Å². The second-order valence-corrected chi connectivity index (χ2v) is 5.44. The van der Waals surface area contributed by atoms with Crippen LogP contribution in [0.15, 0.2) is 30.3 Å². The fourth-order valence-corrected chi connectivity index (χ4v) is 2.89. The summed E-state index contributed by atoms with van der Waals surface area (Å²) in [4.78, 5) is 0. The molecule has 0 saturated heterocycles. The predicted molar refractivity (Wildman–Crippen MR) is 77.2 cm³/mol. The van der Waals surface area contributed by atoms with Gasteiger partial charge in [-0.1, -0.05) is 29.8 Å². The lowest BCUT2D eigenvalue weighted by Gasteiger charge is -2.19. The Hall–Kier alpha value is -1.49. The van der Waals surface area contributed by atoms with E-state index in [0.717, 1.165) is 28.8 Å². The first kappa shape index (κ1) is 14.4. The quantitative estimate of drug-likeness (QED) is 0.867. The highest BCUT2D eigenvalue weighted by Gasteiger charge is 2.20. The van der Waals surface area contributed by atoms with Gasteiger partial charge in [0.2, 0.25) is 0 Å². The molecule has 1 unspecified atom stereocenters. The van der Waals surface area contributed by atoms with Crippen molar-refractivity contribution in [1.82, 2.24) is 5.32 Å². The van der Waals surface area contributed by atoms with E-state index in [2.05, 4.69) is 5.32 Å². The molecule has 0 aliphatic carbocycles. The summed E-state index contributed by atoms with van der Waals surface area (Å²) >= 11 is 6.07. The van der Waals surface area contributed by atoms with E-state index in [4.69, 9.17) is 16.3 Å². The summed E-state index contributed by atoms with van der Waals surface area (Å²) in [6.07, 6.45) is 0. The zero-order valence-corrected chi connectivity index (χ0v) is 12.2. The van der Waals surface area contributed by atoms with Crippen molar-refractivity contribution in [3.63, 3.8) is 0 Å². The zero-order chi connectivity index (χ0) is 15.0. The number of rotatable bonds is 3. The molecule has 2 aromatic rings. The molecule has 0 saturated carbocycles. The van der Waals surface area contributed by atoms with E-state index in [-0.39, 0.29) is 11.1 Å². The summed E-state index contributed by atoms with van der Waals surface area (Å²) < 4.78 is 32.1. The zero-order valence-electron chi connectivity index (χ0n) is 11.4. The summed E-state index contributed by atoms with van der Waals surface area (Å²) in [5.74, 6) is -1.85. The third-order valence-electron chi connectivity index (χ3n) is 3.72. The first-order chi connectivity index (χ1) is 10.1. The number of halogens is 3. The number of nitrogens with one attached hydrogen (secondary N) is 1. The van der Waals surface area contributed by atoms with Gasteiger partial charge in [-0.15, -0.1) is 0 Å². The van der Waals surface area contributed by atoms with Crippen LogP contribution in [-0.4, -0.2) is 7.05 Å². The number of hydrogen-bond acceptors (Lipinski definition) is 2. The van der Waals surface area contributed by atoms with E-state index in [9.17, 15) is 8.78 Å². The summed E-state index contributed by atoms with van der Waals surface area (Å²) in [6.45, 7) is 1.19. The van der Waals surface area contributed by atoms with Gasteiger partial charge in [0.05, 0.1) is 19.3 Å². The van der Waals surface area contributed by atoms with Crippen LogP contribution in [0, 0.1) is 11.6 Å². The van der Waals surface area contributed by atoms with E-state index < -0.39 is 11.6 Å². The van der Waals surface area contributed by atoms with Gasteiger partial charge in [-0.2, -0.15) is 0 Å². The predicted octanol–water partition coefficient (Wildman–Crippen LogP) is 3.96. The molecule has 0 spiro atoms. The minimum Gasteiger partial charge on any atom is -0.372 e. The standard InChI is InChI=1S/C16H14ClF2NO/c1-20-16(12-5-14(18)15(19)6-13(12)17)9-2-3-10-7-21-8-11(10)4-9/h2-6,16,20H,7-8H2,1H3. The van der Waals surface area contributed by atoms with Gasteiger partial charge in [0.25, 0.3) is 0 Å². The van der Waals surface area contributed by atoms with Crippen molar-refractivity contribution in [2.24, 2.45) is 0 Å². The molecular weight excluding hydrogens is 296 g/mol. The average Bonchev–Trinajstić information content (AvgIpc) is 2.92. The van der Waals surface area contributed by atoms with E-state index in [1.165, 1.54) is 0 Å². The molecule has 2 aromatic carbocycles. The van der Waals surface area contributed by atoms with Crippen molar-refractivity contribution in [2.45, 2.75) is 19.3 Å². The average molecular weight is 310 g/mol. The number of ether oxygens (including phenoxy) is 1. The van der Waals surface area contributed by atoms with E-state index in [1.807, 2.05) is 18.2 Å². The van der Waals surface area contributed by atoms with Crippen LogP contribution >= 0.6 is 11.6 Å². The molecule has 1 aliphatic rings. The number of fused-ring (bicyclic) bond motifs is 1. The topological polar surface area (TPSA) is 21.3 Å².